The number of benzene rings is 2. The van der Waals surface area contributed by atoms with Gasteiger partial charge in [-0.1, -0.05) is 29.3 Å². The van der Waals surface area contributed by atoms with E-state index in [4.69, 9.17) is 23.2 Å². The van der Waals surface area contributed by atoms with Gasteiger partial charge in [-0.25, -0.2) is 0 Å². The summed E-state index contributed by atoms with van der Waals surface area (Å²) in [5.41, 5.74) is 1.78. The third-order valence-corrected chi connectivity index (χ3v) is 4.99. The third kappa shape index (κ3) is 4.27. The van der Waals surface area contributed by atoms with E-state index >= 15 is 0 Å². The Balaban J connectivity index is 2.75. The van der Waals surface area contributed by atoms with Crippen LogP contribution in [0.25, 0.3) is 11.1 Å². The molecule has 1 atom stereocenters. The summed E-state index contributed by atoms with van der Waals surface area (Å²) in [7, 11) is 7.48. The summed E-state index contributed by atoms with van der Waals surface area (Å²) in [5, 5.41) is 0.163. The first-order chi connectivity index (χ1) is 11.9. The molecule has 0 aliphatic rings. The Hall–Kier alpha value is -1.43. The number of nitrogens with zero attached hydrogens (tertiary/aromatic N) is 2. The van der Waals surface area contributed by atoms with E-state index in [2.05, 4.69) is 0 Å². The second-order valence-corrected chi connectivity index (χ2v) is 7.44. The van der Waals surface area contributed by atoms with Gasteiger partial charge in [0, 0.05) is 25.7 Å². The van der Waals surface area contributed by atoms with Gasteiger partial charge in [-0.15, -0.1) is 0 Å². The molecule has 0 amide bonds. The molecule has 0 aliphatic heterocycles. The molecule has 0 saturated heterocycles. The predicted octanol–water partition coefficient (Wildman–Crippen LogP) is 6.37. The summed E-state index contributed by atoms with van der Waals surface area (Å²) in [5.74, 6) is 0. The van der Waals surface area contributed by atoms with E-state index in [-0.39, 0.29) is 11.1 Å². The second kappa shape index (κ2) is 7.67. The SMILES string of the molecule is CC(c1cc(Cl)c(N(C)C)c(-c2ccc(Cl)c(C(F)(F)F)c2)c1)N(C)C. The van der Waals surface area contributed by atoms with E-state index in [1.807, 2.05) is 38.1 Å². The standard InChI is InChI=1S/C19H21Cl2F3N2/c1-11(25(2)3)13-8-14(18(26(4)5)17(21)10-13)12-6-7-16(20)15(9-12)19(22,23)24/h6-11H,1-5H3. The maximum absolute atomic E-state index is 13.3. The monoisotopic (exact) mass is 404 g/mol. The van der Waals surface area contributed by atoms with Crippen LogP contribution in [0.15, 0.2) is 30.3 Å². The molecular weight excluding hydrogens is 384 g/mol. The van der Waals surface area contributed by atoms with Gasteiger partial charge < -0.3 is 9.80 Å². The number of halogens is 5. The van der Waals surface area contributed by atoms with Gasteiger partial charge in [-0.2, -0.15) is 13.2 Å². The van der Waals surface area contributed by atoms with Gasteiger partial charge >= 0.3 is 6.18 Å². The van der Waals surface area contributed by atoms with E-state index in [1.165, 1.54) is 6.07 Å². The van der Waals surface area contributed by atoms with Crippen molar-refractivity contribution in [3.8, 4) is 11.1 Å². The van der Waals surface area contributed by atoms with Gasteiger partial charge in [-0.05, 0) is 56.4 Å². The molecule has 0 N–H and O–H groups in total. The normalized spacial score (nSPS) is 13.2. The first-order valence-corrected chi connectivity index (χ1v) is 8.73. The van der Waals surface area contributed by atoms with E-state index in [1.54, 1.807) is 25.1 Å². The van der Waals surface area contributed by atoms with E-state index in [0.717, 1.165) is 11.6 Å². The number of anilines is 1. The van der Waals surface area contributed by atoms with Crippen molar-refractivity contribution in [2.75, 3.05) is 33.1 Å². The van der Waals surface area contributed by atoms with Crippen LogP contribution in [0.5, 0.6) is 0 Å². The van der Waals surface area contributed by atoms with Gasteiger partial charge in [0.2, 0.25) is 0 Å². The van der Waals surface area contributed by atoms with Crippen molar-refractivity contribution in [2.45, 2.75) is 19.1 Å². The van der Waals surface area contributed by atoms with E-state index in [0.29, 0.717) is 21.8 Å². The van der Waals surface area contributed by atoms with Crippen molar-refractivity contribution in [3.63, 3.8) is 0 Å². The maximum Gasteiger partial charge on any atom is 0.417 e. The molecule has 2 aromatic carbocycles. The molecule has 0 aliphatic carbocycles. The van der Waals surface area contributed by atoms with Crippen LogP contribution in [0.2, 0.25) is 10.0 Å². The zero-order valence-corrected chi connectivity index (χ0v) is 16.8. The molecule has 0 bridgehead atoms. The molecule has 0 saturated carbocycles. The highest BCUT2D eigenvalue weighted by Gasteiger charge is 2.33. The molecule has 2 nitrogen and oxygen atoms in total. The third-order valence-electron chi connectivity index (χ3n) is 4.37. The summed E-state index contributed by atoms with van der Waals surface area (Å²) >= 11 is 12.2. The van der Waals surface area contributed by atoms with Crippen molar-refractivity contribution < 1.29 is 13.2 Å². The van der Waals surface area contributed by atoms with Crippen LogP contribution in [0.3, 0.4) is 0 Å². The first-order valence-electron chi connectivity index (χ1n) is 7.97. The lowest BCUT2D eigenvalue weighted by molar-refractivity contribution is -0.137. The quantitative estimate of drug-likeness (QED) is 0.584. The molecule has 0 radical (unpaired) electrons. The number of rotatable bonds is 4. The van der Waals surface area contributed by atoms with Crippen LogP contribution in [0, 0.1) is 0 Å². The van der Waals surface area contributed by atoms with Gasteiger partial charge in [-0.3, -0.25) is 0 Å². The molecule has 0 aromatic heterocycles. The fourth-order valence-corrected chi connectivity index (χ4v) is 3.37. The summed E-state index contributed by atoms with van der Waals surface area (Å²) in [4.78, 5) is 3.80. The lowest BCUT2D eigenvalue weighted by Gasteiger charge is -2.25. The van der Waals surface area contributed by atoms with Crippen LogP contribution in [-0.2, 0) is 6.18 Å². The number of hydrogen-bond donors (Lipinski definition) is 0. The van der Waals surface area contributed by atoms with Gasteiger partial charge in [0.25, 0.3) is 0 Å². The Morgan fingerprint density at radius 3 is 2.04 bits per heavy atom. The maximum atomic E-state index is 13.3. The van der Waals surface area contributed by atoms with Crippen LogP contribution >= 0.6 is 23.2 Å². The average molecular weight is 405 g/mol. The summed E-state index contributed by atoms with van der Waals surface area (Å²) < 4.78 is 39.8. The molecule has 1 unspecified atom stereocenters. The summed E-state index contributed by atoms with van der Waals surface area (Å²) in [6.07, 6.45) is -4.52. The lowest BCUT2D eigenvalue weighted by atomic mass is 9.96. The van der Waals surface area contributed by atoms with Crippen molar-refractivity contribution in [1.82, 2.24) is 4.90 Å². The van der Waals surface area contributed by atoms with Gasteiger partial charge in [0.1, 0.15) is 0 Å². The van der Waals surface area contributed by atoms with Crippen molar-refractivity contribution in [1.29, 1.82) is 0 Å². The average Bonchev–Trinajstić information content (AvgIpc) is 2.52. The highest BCUT2D eigenvalue weighted by atomic mass is 35.5. The smallest absolute Gasteiger partial charge is 0.376 e. The fourth-order valence-electron chi connectivity index (χ4n) is 2.74. The molecule has 2 aromatic rings. The van der Waals surface area contributed by atoms with Crippen LogP contribution < -0.4 is 4.90 Å². The fraction of sp³-hybridized carbons (Fsp3) is 0.368. The van der Waals surface area contributed by atoms with Crippen LogP contribution in [0.1, 0.15) is 24.1 Å². The minimum atomic E-state index is -4.52. The highest BCUT2D eigenvalue weighted by Crippen LogP contribution is 2.42. The summed E-state index contributed by atoms with van der Waals surface area (Å²) in [6.45, 7) is 2.01. The van der Waals surface area contributed by atoms with Crippen molar-refractivity contribution >= 4 is 28.9 Å². The Bertz CT molecular complexity index is 802. The zero-order chi connectivity index (χ0) is 19.8. The van der Waals surface area contributed by atoms with Crippen molar-refractivity contribution in [3.05, 3.63) is 51.5 Å². The van der Waals surface area contributed by atoms with Crippen molar-refractivity contribution in [2.24, 2.45) is 0 Å². The van der Waals surface area contributed by atoms with Crippen LogP contribution in [0.4, 0.5) is 18.9 Å². The van der Waals surface area contributed by atoms with Gasteiger partial charge in [0.15, 0.2) is 0 Å². The molecule has 2 rings (SSSR count). The summed E-state index contributed by atoms with van der Waals surface area (Å²) in [6, 6.07) is 7.72. The number of hydrogen-bond acceptors (Lipinski definition) is 2. The Morgan fingerprint density at radius 1 is 0.923 bits per heavy atom. The largest absolute Gasteiger partial charge is 0.417 e. The topological polar surface area (TPSA) is 6.48 Å². The molecule has 7 heteroatoms. The number of alkyl halides is 3. The minimum Gasteiger partial charge on any atom is -0.376 e. The Labute approximate surface area is 162 Å². The van der Waals surface area contributed by atoms with E-state index < -0.39 is 11.7 Å². The molecular formula is C19H21Cl2F3N2. The van der Waals surface area contributed by atoms with Gasteiger partial charge in [0.05, 0.1) is 21.3 Å². The molecule has 0 spiro atoms. The van der Waals surface area contributed by atoms with E-state index in [9.17, 15) is 13.2 Å². The molecule has 0 heterocycles. The lowest BCUT2D eigenvalue weighted by Crippen LogP contribution is -2.18. The molecule has 26 heavy (non-hydrogen) atoms. The predicted molar refractivity (Wildman–Crippen MR) is 103 cm³/mol. The van der Waals surface area contributed by atoms with Crippen LogP contribution in [-0.4, -0.2) is 33.1 Å². The first kappa shape index (κ1) is 20.9. The zero-order valence-electron chi connectivity index (χ0n) is 15.2. The Morgan fingerprint density at radius 2 is 1.54 bits per heavy atom. The Kier molecular flexibility index (Phi) is 6.16. The second-order valence-electron chi connectivity index (χ2n) is 6.63. The molecule has 0 fully saturated rings. The highest BCUT2D eigenvalue weighted by molar-refractivity contribution is 6.34. The molecule has 142 valence electrons. The minimum absolute atomic E-state index is 0.0526.